The first kappa shape index (κ1) is 18.9. The standard InChI is InChI=1S/C24H20N4O3/c1-13(23(25)30)11-28-12-19-17(24(28)31)6-4-14-2-3-15(8-18(14)19)16-5-7-20-21(9-16)27-22(29)10-26-20/h2-9,26H,1,10-12H2,(H2,25,30)(H,27,29). The molecule has 0 atom stereocenters. The van der Waals surface area contributed by atoms with Crippen molar-refractivity contribution in [2.75, 3.05) is 23.7 Å². The number of primary amides is 1. The van der Waals surface area contributed by atoms with E-state index in [9.17, 15) is 14.4 Å². The highest BCUT2D eigenvalue weighted by Crippen LogP contribution is 2.35. The van der Waals surface area contributed by atoms with Crippen molar-refractivity contribution in [2.24, 2.45) is 5.73 Å². The third kappa shape index (κ3) is 3.20. The van der Waals surface area contributed by atoms with Crippen molar-refractivity contribution in [3.05, 3.63) is 71.8 Å². The number of nitrogens with two attached hydrogens (primary N) is 1. The zero-order chi connectivity index (χ0) is 21.7. The van der Waals surface area contributed by atoms with E-state index in [-0.39, 0.29) is 30.5 Å². The maximum Gasteiger partial charge on any atom is 0.254 e. The summed E-state index contributed by atoms with van der Waals surface area (Å²) in [5.41, 5.74) is 10.6. The smallest absolute Gasteiger partial charge is 0.254 e. The van der Waals surface area contributed by atoms with Gasteiger partial charge < -0.3 is 21.3 Å². The van der Waals surface area contributed by atoms with Gasteiger partial charge in [0.1, 0.15) is 0 Å². The number of nitrogens with zero attached hydrogens (tertiary/aromatic N) is 1. The van der Waals surface area contributed by atoms with Crippen molar-refractivity contribution >= 4 is 39.9 Å². The van der Waals surface area contributed by atoms with E-state index in [4.69, 9.17) is 5.73 Å². The van der Waals surface area contributed by atoms with Crippen LogP contribution in [0.2, 0.25) is 0 Å². The summed E-state index contributed by atoms with van der Waals surface area (Å²) in [6, 6.07) is 15.8. The van der Waals surface area contributed by atoms with E-state index < -0.39 is 5.91 Å². The lowest BCUT2D eigenvalue weighted by molar-refractivity contribution is -0.115. The van der Waals surface area contributed by atoms with Gasteiger partial charge in [0.2, 0.25) is 11.8 Å². The van der Waals surface area contributed by atoms with Crippen molar-refractivity contribution < 1.29 is 14.4 Å². The Hall–Kier alpha value is -4.13. The lowest BCUT2D eigenvalue weighted by Gasteiger charge is -2.19. The molecule has 0 unspecified atom stereocenters. The number of rotatable bonds is 4. The van der Waals surface area contributed by atoms with Crippen molar-refractivity contribution in [2.45, 2.75) is 6.54 Å². The van der Waals surface area contributed by atoms with Crippen LogP contribution in [-0.2, 0) is 16.1 Å². The normalized spacial score (nSPS) is 14.6. The van der Waals surface area contributed by atoms with Crippen LogP contribution < -0.4 is 16.4 Å². The predicted molar refractivity (Wildman–Crippen MR) is 120 cm³/mol. The maximum atomic E-state index is 12.8. The topological polar surface area (TPSA) is 105 Å². The molecule has 0 spiro atoms. The largest absolute Gasteiger partial charge is 0.374 e. The molecule has 4 N–H and O–H groups in total. The van der Waals surface area contributed by atoms with E-state index in [1.807, 2.05) is 42.5 Å². The number of nitrogens with one attached hydrogen (secondary N) is 2. The van der Waals surface area contributed by atoms with Crippen LogP contribution in [0.5, 0.6) is 0 Å². The first-order valence-electron chi connectivity index (χ1n) is 9.91. The number of anilines is 2. The molecule has 3 amide bonds. The van der Waals surface area contributed by atoms with Crippen LogP contribution in [0.1, 0.15) is 15.9 Å². The highest BCUT2D eigenvalue weighted by molar-refractivity contribution is 6.06. The van der Waals surface area contributed by atoms with Gasteiger partial charge in [0.15, 0.2) is 0 Å². The molecule has 7 heteroatoms. The molecule has 2 aliphatic rings. The summed E-state index contributed by atoms with van der Waals surface area (Å²) < 4.78 is 0. The average molecular weight is 412 g/mol. The number of carbonyl (C=O) groups excluding carboxylic acids is 3. The Bertz CT molecular complexity index is 1310. The van der Waals surface area contributed by atoms with Crippen molar-refractivity contribution in [1.29, 1.82) is 0 Å². The van der Waals surface area contributed by atoms with E-state index in [0.29, 0.717) is 12.1 Å². The lowest BCUT2D eigenvalue weighted by atomic mass is 9.96. The van der Waals surface area contributed by atoms with Crippen LogP contribution in [0.15, 0.2) is 60.7 Å². The quantitative estimate of drug-likeness (QED) is 0.573. The van der Waals surface area contributed by atoms with Crippen LogP contribution in [0.3, 0.4) is 0 Å². The third-order valence-corrected chi connectivity index (χ3v) is 5.80. The fourth-order valence-corrected chi connectivity index (χ4v) is 4.15. The van der Waals surface area contributed by atoms with Crippen LogP contribution in [0.4, 0.5) is 11.4 Å². The maximum absolute atomic E-state index is 12.8. The molecule has 0 aliphatic carbocycles. The minimum Gasteiger partial charge on any atom is -0.374 e. The molecule has 0 radical (unpaired) electrons. The number of hydrogen-bond donors (Lipinski definition) is 3. The van der Waals surface area contributed by atoms with Gasteiger partial charge in [-0.1, -0.05) is 30.8 Å². The zero-order valence-corrected chi connectivity index (χ0v) is 16.7. The molecule has 0 saturated heterocycles. The van der Waals surface area contributed by atoms with Gasteiger partial charge in [-0.05, 0) is 51.7 Å². The molecule has 7 nitrogen and oxygen atoms in total. The highest BCUT2D eigenvalue weighted by atomic mass is 16.2. The molecule has 0 bridgehead atoms. The summed E-state index contributed by atoms with van der Waals surface area (Å²) in [7, 11) is 0. The van der Waals surface area contributed by atoms with Crippen molar-refractivity contribution in [3.8, 4) is 11.1 Å². The lowest BCUT2D eigenvalue weighted by Crippen LogP contribution is -2.30. The Kier molecular flexibility index (Phi) is 4.25. The van der Waals surface area contributed by atoms with Gasteiger partial charge in [-0.2, -0.15) is 0 Å². The van der Waals surface area contributed by atoms with E-state index >= 15 is 0 Å². The molecule has 31 heavy (non-hydrogen) atoms. The van der Waals surface area contributed by atoms with Crippen molar-refractivity contribution in [3.63, 3.8) is 0 Å². The molecule has 3 aromatic rings. The number of benzene rings is 3. The second kappa shape index (κ2) is 6.98. The Morgan fingerprint density at radius 3 is 2.58 bits per heavy atom. The van der Waals surface area contributed by atoms with Crippen LogP contribution in [-0.4, -0.2) is 35.7 Å². The molecular formula is C24H20N4O3. The molecule has 0 saturated carbocycles. The minimum absolute atomic E-state index is 0.0721. The van der Waals surface area contributed by atoms with Gasteiger partial charge in [-0.15, -0.1) is 0 Å². The molecular weight excluding hydrogens is 392 g/mol. The number of hydrogen-bond acceptors (Lipinski definition) is 4. The third-order valence-electron chi connectivity index (χ3n) is 5.80. The van der Waals surface area contributed by atoms with Crippen molar-refractivity contribution in [1.82, 2.24) is 4.90 Å². The Labute approximate surface area is 178 Å². The van der Waals surface area contributed by atoms with E-state index in [2.05, 4.69) is 23.3 Å². The van der Waals surface area contributed by atoms with E-state index in [1.54, 1.807) is 4.90 Å². The summed E-state index contributed by atoms with van der Waals surface area (Å²) in [4.78, 5) is 37.5. The van der Waals surface area contributed by atoms with Gasteiger partial charge in [-0.25, -0.2) is 0 Å². The first-order chi connectivity index (χ1) is 14.9. The van der Waals surface area contributed by atoms with E-state index in [1.165, 1.54) is 0 Å². The molecule has 3 aromatic carbocycles. The molecule has 0 fully saturated rings. The van der Waals surface area contributed by atoms with Crippen LogP contribution in [0, 0.1) is 0 Å². The minimum atomic E-state index is -0.607. The Balaban J connectivity index is 1.54. The summed E-state index contributed by atoms with van der Waals surface area (Å²) in [5.74, 6) is -0.811. The molecule has 0 aromatic heterocycles. The Morgan fingerprint density at radius 1 is 1.03 bits per heavy atom. The summed E-state index contributed by atoms with van der Waals surface area (Å²) >= 11 is 0. The van der Waals surface area contributed by atoms with Gasteiger partial charge in [0.05, 0.1) is 24.5 Å². The van der Waals surface area contributed by atoms with Crippen LogP contribution in [0.25, 0.3) is 21.9 Å². The SMILES string of the molecule is C=C(CN1Cc2c(ccc3ccc(-c4ccc5c(c4)NC(=O)CN5)cc23)C1=O)C(N)=O. The first-order valence-corrected chi connectivity index (χ1v) is 9.91. The van der Waals surface area contributed by atoms with E-state index in [0.717, 1.165) is 38.8 Å². The van der Waals surface area contributed by atoms with Crippen LogP contribution >= 0.6 is 0 Å². The number of amides is 3. The monoisotopic (exact) mass is 412 g/mol. The summed E-state index contributed by atoms with van der Waals surface area (Å²) in [6.45, 7) is 4.44. The zero-order valence-electron chi connectivity index (χ0n) is 16.7. The van der Waals surface area contributed by atoms with Gasteiger partial charge in [0, 0.05) is 17.7 Å². The Morgan fingerprint density at radius 2 is 1.77 bits per heavy atom. The molecule has 5 rings (SSSR count). The fraction of sp³-hybridized carbons (Fsp3) is 0.125. The average Bonchev–Trinajstić information content (AvgIpc) is 3.08. The van der Waals surface area contributed by atoms with Gasteiger partial charge >= 0.3 is 0 Å². The molecule has 2 aliphatic heterocycles. The summed E-state index contributed by atoms with van der Waals surface area (Å²) in [5, 5.41) is 7.99. The fourth-order valence-electron chi connectivity index (χ4n) is 4.15. The molecule has 154 valence electrons. The second-order valence-corrected chi connectivity index (χ2v) is 7.82. The second-order valence-electron chi connectivity index (χ2n) is 7.82. The van der Waals surface area contributed by atoms with Gasteiger partial charge in [0.25, 0.3) is 5.91 Å². The highest BCUT2D eigenvalue weighted by Gasteiger charge is 2.29. The number of fused-ring (bicyclic) bond motifs is 4. The molecule has 2 heterocycles. The summed E-state index contributed by atoms with van der Waals surface area (Å²) in [6.07, 6.45) is 0. The number of carbonyl (C=O) groups is 3. The van der Waals surface area contributed by atoms with Gasteiger partial charge in [-0.3, -0.25) is 14.4 Å². The predicted octanol–water partition coefficient (Wildman–Crippen LogP) is 2.87.